The maximum absolute atomic E-state index is 11.8. The van der Waals surface area contributed by atoms with E-state index in [4.69, 9.17) is 5.26 Å². The van der Waals surface area contributed by atoms with Gasteiger partial charge in [-0.1, -0.05) is 28.1 Å². The van der Waals surface area contributed by atoms with Gasteiger partial charge in [0.25, 0.3) is 0 Å². The molecular formula is C16H13BrN2OS. The van der Waals surface area contributed by atoms with Gasteiger partial charge in [0.15, 0.2) is 0 Å². The Hall–Kier alpha value is -1.77. The van der Waals surface area contributed by atoms with E-state index in [-0.39, 0.29) is 5.91 Å². The normalized spacial score (nSPS) is 9.90. The molecule has 0 atom stereocenters. The van der Waals surface area contributed by atoms with E-state index in [1.807, 2.05) is 36.4 Å². The molecule has 0 bridgehead atoms. The van der Waals surface area contributed by atoms with Gasteiger partial charge in [-0.05, 0) is 42.0 Å². The highest BCUT2D eigenvalue weighted by Crippen LogP contribution is 2.16. The number of rotatable bonds is 5. The summed E-state index contributed by atoms with van der Waals surface area (Å²) in [7, 11) is 0. The molecule has 2 aromatic carbocycles. The minimum Gasteiger partial charge on any atom is -0.325 e. The van der Waals surface area contributed by atoms with Crippen LogP contribution in [0.25, 0.3) is 0 Å². The molecule has 0 unspecified atom stereocenters. The zero-order valence-corrected chi connectivity index (χ0v) is 13.6. The van der Waals surface area contributed by atoms with Crippen LogP contribution >= 0.6 is 27.7 Å². The molecule has 1 amide bonds. The first kappa shape index (κ1) is 15.6. The first-order chi connectivity index (χ1) is 10.2. The first-order valence-electron chi connectivity index (χ1n) is 6.29. The van der Waals surface area contributed by atoms with Crippen LogP contribution in [0.2, 0.25) is 0 Å². The number of hydrogen-bond donors (Lipinski definition) is 1. The average molecular weight is 361 g/mol. The van der Waals surface area contributed by atoms with Crippen molar-refractivity contribution >= 4 is 39.3 Å². The molecule has 1 N–H and O–H groups in total. The van der Waals surface area contributed by atoms with Crippen LogP contribution in [-0.4, -0.2) is 11.7 Å². The molecule has 0 saturated carbocycles. The van der Waals surface area contributed by atoms with Gasteiger partial charge in [-0.15, -0.1) is 11.8 Å². The van der Waals surface area contributed by atoms with Crippen LogP contribution in [0.1, 0.15) is 11.1 Å². The lowest BCUT2D eigenvalue weighted by molar-refractivity contribution is -0.113. The summed E-state index contributed by atoms with van der Waals surface area (Å²) >= 11 is 4.90. The lowest BCUT2D eigenvalue weighted by atomic mass is 10.2. The second-order valence-electron chi connectivity index (χ2n) is 4.36. The number of carbonyl (C=O) groups excluding carboxylic acids is 1. The minimum atomic E-state index is -0.0176. The van der Waals surface area contributed by atoms with E-state index in [9.17, 15) is 4.79 Å². The number of carbonyl (C=O) groups is 1. The van der Waals surface area contributed by atoms with Gasteiger partial charge in [-0.3, -0.25) is 4.79 Å². The number of hydrogen-bond acceptors (Lipinski definition) is 3. The van der Waals surface area contributed by atoms with Gasteiger partial charge in [-0.25, -0.2) is 0 Å². The van der Waals surface area contributed by atoms with Crippen molar-refractivity contribution in [3.63, 3.8) is 0 Å². The van der Waals surface area contributed by atoms with Crippen LogP contribution in [0.5, 0.6) is 0 Å². The largest absolute Gasteiger partial charge is 0.325 e. The van der Waals surface area contributed by atoms with Crippen molar-refractivity contribution in [3.05, 3.63) is 64.1 Å². The third-order valence-electron chi connectivity index (χ3n) is 2.71. The molecule has 2 rings (SSSR count). The van der Waals surface area contributed by atoms with Gasteiger partial charge < -0.3 is 5.32 Å². The first-order valence-corrected chi connectivity index (χ1v) is 8.24. The Morgan fingerprint density at radius 1 is 1.14 bits per heavy atom. The van der Waals surface area contributed by atoms with Gasteiger partial charge in [0, 0.05) is 15.9 Å². The summed E-state index contributed by atoms with van der Waals surface area (Å²) in [5, 5.41) is 11.6. The lowest BCUT2D eigenvalue weighted by Crippen LogP contribution is -2.14. The summed E-state index contributed by atoms with van der Waals surface area (Å²) in [5.41, 5.74) is 2.55. The molecule has 0 heterocycles. The summed E-state index contributed by atoms with van der Waals surface area (Å²) in [6.45, 7) is 0. The summed E-state index contributed by atoms with van der Waals surface area (Å²) in [6, 6.07) is 17.0. The second kappa shape index (κ2) is 7.87. The van der Waals surface area contributed by atoms with Crippen LogP contribution in [0, 0.1) is 11.3 Å². The van der Waals surface area contributed by atoms with E-state index in [2.05, 4.69) is 27.3 Å². The Bertz CT molecular complexity index is 647. The summed E-state index contributed by atoms with van der Waals surface area (Å²) in [4.78, 5) is 11.8. The Morgan fingerprint density at radius 3 is 2.43 bits per heavy atom. The number of thioether (sulfide) groups is 1. The van der Waals surface area contributed by atoms with Crippen LogP contribution in [0.4, 0.5) is 5.69 Å². The number of halogens is 1. The number of nitrogens with zero attached hydrogens (tertiary/aromatic N) is 1. The van der Waals surface area contributed by atoms with Crippen LogP contribution in [-0.2, 0) is 10.5 Å². The average Bonchev–Trinajstić information content (AvgIpc) is 2.50. The zero-order chi connectivity index (χ0) is 15.1. The van der Waals surface area contributed by atoms with Crippen molar-refractivity contribution in [3.8, 4) is 6.07 Å². The molecule has 0 aliphatic rings. The molecule has 0 aliphatic carbocycles. The molecule has 106 valence electrons. The third kappa shape index (κ3) is 5.25. The predicted octanol–water partition coefficient (Wildman–Crippen LogP) is 4.19. The van der Waals surface area contributed by atoms with Crippen molar-refractivity contribution in [1.82, 2.24) is 0 Å². The smallest absolute Gasteiger partial charge is 0.234 e. The fourth-order valence-electron chi connectivity index (χ4n) is 1.67. The molecule has 21 heavy (non-hydrogen) atoms. The Labute approximate surface area is 136 Å². The standard InChI is InChI=1S/C16H13BrN2OS/c17-14-5-7-15(8-6-14)19-16(20)11-21-10-13-3-1-12(9-18)2-4-13/h1-8H,10-11H2,(H,19,20). The van der Waals surface area contributed by atoms with Gasteiger partial charge in [0.05, 0.1) is 17.4 Å². The lowest BCUT2D eigenvalue weighted by Gasteiger charge is -2.05. The Kier molecular flexibility index (Phi) is 5.85. The summed E-state index contributed by atoms with van der Waals surface area (Å²) in [6.07, 6.45) is 0. The molecule has 0 aliphatic heterocycles. The molecule has 0 aromatic heterocycles. The number of benzene rings is 2. The van der Waals surface area contributed by atoms with Crippen LogP contribution < -0.4 is 5.32 Å². The van der Waals surface area contributed by atoms with Gasteiger partial charge >= 0.3 is 0 Å². The highest BCUT2D eigenvalue weighted by molar-refractivity contribution is 9.10. The molecule has 2 aromatic rings. The fraction of sp³-hybridized carbons (Fsp3) is 0.125. The maximum atomic E-state index is 11.8. The molecule has 0 saturated heterocycles. The van der Waals surface area contributed by atoms with E-state index in [1.54, 1.807) is 23.9 Å². The van der Waals surface area contributed by atoms with E-state index >= 15 is 0 Å². The molecule has 0 radical (unpaired) electrons. The third-order valence-corrected chi connectivity index (χ3v) is 4.25. The topological polar surface area (TPSA) is 52.9 Å². The monoisotopic (exact) mass is 360 g/mol. The highest BCUT2D eigenvalue weighted by Gasteiger charge is 2.03. The second-order valence-corrected chi connectivity index (χ2v) is 6.26. The molecule has 0 spiro atoms. The van der Waals surface area contributed by atoms with Gasteiger partial charge in [0.2, 0.25) is 5.91 Å². The quantitative estimate of drug-likeness (QED) is 0.869. The molecular weight excluding hydrogens is 348 g/mol. The van der Waals surface area contributed by atoms with Gasteiger partial charge in [0.1, 0.15) is 0 Å². The van der Waals surface area contributed by atoms with Crippen LogP contribution in [0.3, 0.4) is 0 Å². The van der Waals surface area contributed by atoms with Crippen molar-refractivity contribution in [2.45, 2.75) is 5.75 Å². The van der Waals surface area contributed by atoms with E-state index in [0.29, 0.717) is 11.3 Å². The van der Waals surface area contributed by atoms with E-state index in [0.717, 1.165) is 21.5 Å². The van der Waals surface area contributed by atoms with Crippen molar-refractivity contribution < 1.29 is 4.79 Å². The molecule has 3 nitrogen and oxygen atoms in total. The highest BCUT2D eigenvalue weighted by atomic mass is 79.9. The minimum absolute atomic E-state index is 0.0176. The number of nitriles is 1. The summed E-state index contributed by atoms with van der Waals surface area (Å²) in [5.74, 6) is 1.13. The fourth-order valence-corrected chi connectivity index (χ4v) is 2.72. The van der Waals surface area contributed by atoms with E-state index < -0.39 is 0 Å². The number of amides is 1. The van der Waals surface area contributed by atoms with Crippen LogP contribution in [0.15, 0.2) is 53.0 Å². The van der Waals surface area contributed by atoms with Crippen molar-refractivity contribution in [2.24, 2.45) is 0 Å². The van der Waals surface area contributed by atoms with E-state index in [1.165, 1.54) is 0 Å². The Balaban J connectivity index is 1.76. The predicted molar refractivity (Wildman–Crippen MR) is 90.1 cm³/mol. The van der Waals surface area contributed by atoms with Crippen molar-refractivity contribution in [1.29, 1.82) is 5.26 Å². The Morgan fingerprint density at radius 2 is 1.81 bits per heavy atom. The molecule has 5 heteroatoms. The SMILES string of the molecule is N#Cc1ccc(CSCC(=O)Nc2ccc(Br)cc2)cc1. The zero-order valence-electron chi connectivity index (χ0n) is 11.2. The number of nitrogens with one attached hydrogen (secondary N) is 1. The molecule has 0 fully saturated rings. The summed E-state index contributed by atoms with van der Waals surface area (Å²) < 4.78 is 0.982. The van der Waals surface area contributed by atoms with Gasteiger partial charge in [-0.2, -0.15) is 5.26 Å². The van der Waals surface area contributed by atoms with Crippen molar-refractivity contribution in [2.75, 3.05) is 11.1 Å². The number of anilines is 1. The maximum Gasteiger partial charge on any atom is 0.234 e.